The van der Waals surface area contributed by atoms with Crippen molar-refractivity contribution in [1.82, 2.24) is 0 Å². The van der Waals surface area contributed by atoms with Gasteiger partial charge in [-0.25, -0.2) is 4.99 Å². The zero-order valence-electron chi connectivity index (χ0n) is 12.7. The molecule has 2 aromatic rings. The molecule has 1 aliphatic rings. The van der Waals surface area contributed by atoms with Gasteiger partial charge in [-0.3, -0.25) is 0 Å². The Balaban J connectivity index is 1.71. The second kappa shape index (κ2) is 7.24. The second-order valence-electron chi connectivity index (χ2n) is 5.17. The summed E-state index contributed by atoms with van der Waals surface area (Å²) < 4.78 is 0. The predicted molar refractivity (Wildman–Crippen MR) is 97.6 cm³/mol. The lowest BCUT2D eigenvalue weighted by Gasteiger charge is -2.22. The van der Waals surface area contributed by atoms with E-state index in [4.69, 9.17) is 0 Å². The summed E-state index contributed by atoms with van der Waals surface area (Å²) in [6, 6.07) is 20.2. The van der Waals surface area contributed by atoms with E-state index in [0.717, 1.165) is 11.4 Å². The van der Waals surface area contributed by atoms with Crippen LogP contribution in [0.25, 0.3) is 0 Å². The molecule has 3 rings (SSSR count). The Kier molecular flexibility index (Phi) is 4.88. The molecule has 0 saturated heterocycles. The summed E-state index contributed by atoms with van der Waals surface area (Å²) in [5.74, 6) is 0.0519. The van der Waals surface area contributed by atoms with Crippen molar-refractivity contribution in [2.75, 3.05) is 5.32 Å². The van der Waals surface area contributed by atoms with Crippen LogP contribution in [-0.2, 0) is 5.75 Å². The first-order chi connectivity index (χ1) is 11.3. The van der Waals surface area contributed by atoms with E-state index >= 15 is 0 Å². The largest absolute Gasteiger partial charge is 0.341 e. The van der Waals surface area contributed by atoms with Gasteiger partial charge in [-0.2, -0.15) is 0 Å². The maximum Gasteiger partial charge on any atom is 0.250 e. The molecule has 4 nitrogen and oxygen atoms in total. The van der Waals surface area contributed by atoms with Crippen LogP contribution in [0, 0.1) is 0 Å². The van der Waals surface area contributed by atoms with Crippen molar-refractivity contribution < 1.29 is 0 Å². The summed E-state index contributed by atoms with van der Waals surface area (Å²) in [6.07, 6.45) is 2.39. The SMILES string of the molecule is C=CCC1(Nc2ccccc2)N=NC(SCc2ccccc2)=N1. The minimum absolute atomic E-state index is 0.584. The maximum atomic E-state index is 4.68. The first kappa shape index (κ1) is 15.5. The van der Waals surface area contributed by atoms with Crippen LogP contribution in [-0.4, -0.2) is 11.0 Å². The van der Waals surface area contributed by atoms with Crippen molar-refractivity contribution >= 4 is 22.6 Å². The Morgan fingerprint density at radius 2 is 1.74 bits per heavy atom. The second-order valence-corrected chi connectivity index (χ2v) is 6.11. The minimum Gasteiger partial charge on any atom is -0.341 e. The zero-order chi connectivity index (χ0) is 16.0. The normalized spacial score (nSPS) is 19.4. The lowest BCUT2D eigenvalue weighted by molar-refractivity contribution is 0.519. The molecule has 0 saturated carbocycles. The van der Waals surface area contributed by atoms with E-state index in [0.29, 0.717) is 11.6 Å². The molecule has 1 heterocycles. The number of nitrogens with one attached hydrogen (secondary N) is 1. The molecule has 0 aliphatic carbocycles. The quantitative estimate of drug-likeness (QED) is 0.754. The van der Waals surface area contributed by atoms with Crippen LogP contribution < -0.4 is 5.32 Å². The van der Waals surface area contributed by atoms with Crippen molar-refractivity contribution in [3.05, 3.63) is 78.9 Å². The fourth-order valence-corrected chi connectivity index (χ4v) is 3.06. The molecule has 2 aromatic carbocycles. The van der Waals surface area contributed by atoms with Crippen molar-refractivity contribution in [1.29, 1.82) is 0 Å². The highest BCUT2D eigenvalue weighted by Gasteiger charge is 2.32. The van der Waals surface area contributed by atoms with E-state index in [1.165, 1.54) is 5.56 Å². The molecular formula is C18H18N4S. The fourth-order valence-electron chi connectivity index (χ4n) is 2.26. The van der Waals surface area contributed by atoms with Gasteiger partial charge in [0.2, 0.25) is 5.17 Å². The van der Waals surface area contributed by atoms with Crippen LogP contribution in [0.15, 0.2) is 88.5 Å². The van der Waals surface area contributed by atoms with Gasteiger partial charge in [-0.15, -0.1) is 16.8 Å². The van der Waals surface area contributed by atoms with Gasteiger partial charge in [0.15, 0.2) is 0 Å². The number of anilines is 1. The summed E-state index contributed by atoms with van der Waals surface area (Å²) in [7, 11) is 0. The van der Waals surface area contributed by atoms with Gasteiger partial charge >= 0.3 is 0 Å². The number of para-hydroxylation sites is 1. The smallest absolute Gasteiger partial charge is 0.250 e. The van der Waals surface area contributed by atoms with Crippen LogP contribution >= 0.6 is 11.8 Å². The standard InChI is InChI=1S/C18H18N4S/c1-2-13-18(19-16-11-7-4-8-12-16)20-17(21-22-18)23-14-15-9-5-3-6-10-15/h2-12,19H,1,13-14H2. The molecule has 0 aromatic heterocycles. The molecule has 0 bridgehead atoms. The highest BCUT2D eigenvalue weighted by molar-refractivity contribution is 8.13. The number of azo groups is 1. The first-order valence-electron chi connectivity index (χ1n) is 7.43. The maximum absolute atomic E-state index is 4.68. The third-order valence-corrected chi connectivity index (χ3v) is 4.25. The summed E-state index contributed by atoms with van der Waals surface area (Å²) in [5.41, 5.74) is 2.21. The number of hydrogen-bond donors (Lipinski definition) is 1. The van der Waals surface area contributed by atoms with Crippen LogP contribution in [0.2, 0.25) is 0 Å². The molecular weight excluding hydrogens is 304 g/mol. The van der Waals surface area contributed by atoms with Gasteiger partial charge in [-0.1, -0.05) is 66.4 Å². The van der Waals surface area contributed by atoms with Crippen LogP contribution in [0.1, 0.15) is 12.0 Å². The van der Waals surface area contributed by atoms with Crippen molar-refractivity contribution in [2.45, 2.75) is 18.0 Å². The number of benzene rings is 2. The van der Waals surface area contributed by atoms with E-state index in [1.807, 2.05) is 54.6 Å². The average Bonchev–Trinajstić information content (AvgIpc) is 2.98. The molecule has 5 heteroatoms. The third kappa shape index (κ3) is 4.07. The van der Waals surface area contributed by atoms with Crippen LogP contribution in [0.5, 0.6) is 0 Å². The molecule has 116 valence electrons. The Bertz CT molecular complexity index is 712. The van der Waals surface area contributed by atoms with Crippen LogP contribution in [0.3, 0.4) is 0 Å². The molecule has 0 amide bonds. The average molecular weight is 322 g/mol. The number of aliphatic imine (C=N–C) groups is 1. The minimum atomic E-state index is -0.776. The third-order valence-electron chi connectivity index (χ3n) is 3.34. The van der Waals surface area contributed by atoms with Crippen molar-refractivity contribution in [3.8, 4) is 0 Å². The number of thioether (sulfide) groups is 1. The Labute approximate surface area is 140 Å². The van der Waals surface area contributed by atoms with Gasteiger partial charge in [-0.05, 0) is 17.7 Å². The van der Waals surface area contributed by atoms with Gasteiger partial charge in [0.1, 0.15) is 0 Å². The molecule has 0 fully saturated rings. The molecule has 0 radical (unpaired) electrons. The summed E-state index contributed by atoms with van der Waals surface area (Å²) >= 11 is 1.59. The van der Waals surface area contributed by atoms with Gasteiger partial charge in [0.25, 0.3) is 5.79 Å². The van der Waals surface area contributed by atoms with Crippen molar-refractivity contribution in [3.63, 3.8) is 0 Å². The Morgan fingerprint density at radius 3 is 2.43 bits per heavy atom. The summed E-state index contributed by atoms with van der Waals surface area (Å²) in [6.45, 7) is 3.81. The monoisotopic (exact) mass is 322 g/mol. The number of amidine groups is 1. The molecule has 1 unspecified atom stereocenters. The van der Waals surface area contributed by atoms with E-state index in [9.17, 15) is 0 Å². The lowest BCUT2D eigenvalue weighted by Crippen LogP contribution is -2.31. The number of rotatable bonds is 6. The number of hydrogen-bond acceptors (Lipinski definition) is 5. The fraction of sp³-hybridized carbons (Fsp3) is 0.167. The summed E-state index contributed by atoms with van der Waals surface area (Å²) in [4.78, 5) is 4.68. The number of nitrogens with zero attached hydrogens (tertiary/aromatic N) is 3. The highest BCUT2D eigenvalue weighted by atomic mass is 32.2. The van der Waals surface area contributed by atoms with E-state index in [-0.39, 0.29) is 0 Å². The Hall–Kier alpha value is -2.40. The summed E-state index contributed by atoms with van der Waals surface area (Å²) in [5, 5.41) is 12.7. The predicted octanol–water partition coefficient (Wildman–Crippen LogP) is 5.08. The van der Waals surface area contributed by atoms with E-state index < -0.39 is 5.79 Å². The van der Waals surface area contributed by atoms with Gasteiger partial charge in [0, 0.05) is 17.9 Å². The first-order valence-corrected chi connectivity index (χ1v) is 8.42. The van der Waals surface area contributed by atoms with Crippen molar-refractivity contribution in [2.24, 2.45) is 15.2 Å². The topological polar surface area (TPSA) is 49.1 Å². The van der Waals surface area contributed by atoms with Gasteiger partial charge in [0.05, 0.1) is 0 Å². The highest BCUT2D eigenvalue weighted by Crippen LogP contribution is 2.30. The Morgan fingerprint density at radius 1 is 1.04 bits per heavy atom. The van der Waals surface area contributed by atoms with Gasteiger partial charge < -0.3 is 5.32 Å². The molecule has 1 atom stereocenters. The zero-order valence-corrected chi connectivity index (χ0v) is 13.5. The molecule has 1 aliphatic heterocycles. The van der Waals surface area contributed by atoms with Crippen LogP contribution in [0.4, 0.5) is 5.69 Å². The molecule has 1 N–H and O–H groups in total. The molecule has 23 heavy (non-hydrogen) atoms. The van der Waals surface area contributed by atoms with E-state index in [2.05, 4.69) is 39.2 Å². The van der Waals surface area contributed by atoms with E-state index in [1.54, 1.807) is 11.8 Å². The lowest BCUT2D eigenvalue weighted by atomic mass is 10.2. The molecule has 0 spiro atoms.